The second kappa shape index (κ2) is 7.93. The second-order valence-corrected chi connectivity index (χ2v) is 8.22. The number of anilines is 1. The highest BCUT2D eigenvalue weighted by Gasteiger charge is 2.40. The number of hydrogen-bond donors (Lipinski definition) is 0. The van der Waals surface area contributed by atoms with Crippen LogP contribution in [0.4, 0.5) is 5.69 Å². The minimum atomic E-state index is -0.331. The van der Waals surface area contributed by atoms with Crippen molar-refractivity contribution in [2.45, 2.75) is 19.6 Å². The van der Waals surface area contributed by atoms with Crippen LogP contribution in [0.5, 0.6) is 0 Å². The summed E-state index contributed by atoms with van der Waals surface area (Å²) in [5, 5.41) is 0.544. The maximum absolute atomic E-state index is 13.3. The fourth-order valence-electron chi connectivity index (χ4n) is 3.16. The van der Waals surface area contributed by atoms with Crippen LogP contribution in [0.1, 0.15) is 22.5 Å². The Bertz CT molecular complexity index is 1120. The predicted molar refractivity (Wildman–Crippen MR) is 117 cm³/mol. The van der Waals surface area contributed by atoms with E-state index in [0.29, 0.717) is 26.9 Å². The molecule has 0 aliphatic carbocycles. The number of nitrogens with zero attached hydrogens (tertiary/aromatic N) is 1. The summed E-state index contributed by atoms with van der Waals surface area (Å²) < 4.78 is 5.39. The molecular weight excluding hydrogens is 406 g/mol. The van der Waals surface area contributed by atoms with E-state index in [2.05, 4.69) is 0 Å². The van der Waals surface area contributed by atoms with Gasteiger partial charge in [-0.15, -0.1) is 11.8 Å². The van der Waals surface area contributed by atoms with E-state index >= 15 is 0 Å². The molecule has 0 saturated carbocycles. The van der Waals surface area contributed by atoms with Crippen molar-refractivity contribution in [1.82, 2.24) is 0 Å². The number of hydrogen-bond acceptors (Lipinski definition) is 4. The summed E-state index contributed by atoms with van der Waals surface area (Å²) in [7, 11) is 0. The van der Waals surface area contributed by atoms with Gasteiger partial charge in [0.25, 0.3) is 11.8 Å². The number of carbonyl (C=O) groups is 2. The Morgan fingerprint density at radius 2 is 1.72 bits per heavy atom. The quantitative estimate of drug-likeness (QED) is 0.489. The van der Waals surface area contributed by atoms with Gasteiger partial charge >= 0.3 is 0 Å². The summed E-state index contributed by atoms with van der Waals surface area (Å²) in [6, 6.07) is 16.2. The van der Waals surface area contributed by atoms with E-state index in [1.165, 1.54) is 16.7 Å². The van der Waals surface area contributed by atoms with Crippen molar-refractivity contribution in [3.05, 3.63) is 93.2 Å². The first kappa shape index (κ1) is 19.6. The van der Waals surface area contributed by atoms with E-state index in [4.69, 9.17) is 16.0 Å². The predicted octanol–water partition coefficient (Wildman–Crippen LogP) is 5.77. The number of benzene rings is 2. The molecule has 0 bridgehead atoms. The van der Waals surface area contributed by atoms with Crippen LogP contribution >= 0.6 is 23.4 Å². The minimum absolute atomic E-state index is 0.331. The molecule has 29 heavy (non-hydrogen) atoms. The molecule has 0 saturated heterocycles. The molecule has 146 valence electrons. The van der Waals surface area contributed by atoms with Gasteiger partial charge in [-0.3, -0.25) is 9.59 Å². The topological polar surface area (TPSA) is 50.5 Å². The molecule has 2 heterocycles. The first-order valence-electron chi connectivity index (χ1n) is 9.07. The highest BCUT2D eigenvalue weighted by Crippen LogP contribution is 2.40. The third kappa shape index (κ3) is 3.76. The summed E-state index contributed by atoms with van der Waals surface area (Å²) in [6.07, 6.45) is 1.59. The molecule has 4 nitrogen and oxygen atoms in total. The third-order valence-electron chi connectivity index (χ3n) is 4.86. The summed E-state index contributed by atoms with van der Waals surface area (Å²) in [5.74, 6) is 0.543. The number of amides is 2. The number of carbonyl (C=O) groups excluding carboxylic acids is 2. The lowest BCUT2D eigenvalue weighted by molar-refractivity contribution is -0.119. The Morgan fingerprint density at radius 1 is 0.966 bits per heavy atom. The van der Waals surface area contributed by atoms with E-state index in [-0.39, 0.29) is 11.8 Å². The molecule has 0 spiro atoms. The van der Waals surface area contributed by atoms with Gasteiger partial charge < -0.3 is 4.42 Å². The van der Waals surface area contributed by atoms with E-state index in [1.807, 2.05) is 38.1 Å². The number of imide groups is 1. The molecule has 3 aromatic rings. The molecular formula is C23H18ClNO3S. The fraction of sp³-hybridized carbons (Fsp3) is 0.130. The lowest BCUT2D eigenvalue weighted by atomic mass is 10.0. The number of rotatable bonds is 5. The van der Waals surface area contributed by atoms with Gasteiger partial charge in [-0.2, -0.15) is 0 Å². The SMILES string of the molecule is Cc1ccc(C2=C(SCc3ccco3)C(=O)N(c3ccc(Cl)cc3)C2=O)cc1C. The van der Waals surface area contributed by atoms with Crippen molar-refractivity contribution in [3.63, 3.8) is 0 Å². The highest BCUT2D eigenvalue weighted by atomic mass is 35.5. The van der Waals surface area contributed by atoms with Gasteiger partial charge in [-0.25, -0.2) is 4.90 Å². The normalized spacial score (nSPS) is 14.2. The Labute approximate surface area is 178 Å². The number of aryl methyl sites for hydroxylation is 2. The lowest BCUT2D eigenvalue weighted by Gasteiger charge is -2.15. The summed E-state index contributed by atoms with van der Waals surface area (Å²) in [5.41, 5.74) is 3.86. The van der Waals surface area contributed by atoms with Crippen LogP contribution in [-0.2, 0) is 15.3 Å². The fourth-order valence-corrected chi connectivity index (χ4v) is 4.30. The Balaban J connectivity index is 1.77. The third-order valence-corrected chi connectivity index (χ3v) is 6.21. The van der Waals surface area contributed by atoms with Crippen LogP contribution in [0.2, 0.25) is 5.02 Å². The smallest absolute Gasteiger partial charge is 0.272 e. The Morgan fingerprint density at radius 3 is 2.38 bits per heavy atom. The Kier molecular flexibility index (Phi) is 5.35. The molecule has 0 radical (unpaired) electrons. The molecule has 0 fully saturated rings. The van der Waals surface area contributed by atoms with E-state index in [1.54, 1.807) is 36.6 Å². The van der Waals surface area contributed by atoms with Crippen molar-refractivity contribution in [3.8, 4) is 0 Å². The average molecular weight is 424 g/mol. The van der Waals surface area contributed by atoms with Gasteiger partial charge in [0.1, 0.15) is 5.76 Å². The largest absolute Gasteiger partial charge is 0.468 e. The maximum Gasteiger partial charge on any atom is 0.272 e. The minimum Gasteiger partial charge on any atom is -0.468 e. The van der Waals surface area contributed by atoms with Crippen molar-refractivity contribution < 1.29 is 14.0 Å². The molecule has 1 aromatic heterocycles. The van der Waals surface area contributed by atoms with Gasteiger partial charge in [0.2, 0.25) is 0 Å². The lowest BCUT2D eigenvalue weighted by Crippen LogP contribution is -2.31. The summed E-state index contributed by atoms with van der Waals surface area (Å²) in [4.78, 5) is 28.2. The molecule has 4 rings (SSSR count). The van der Waals surface area contributed by atoms with Gasteiger partial charge in [0.15, 0.2) is 0 Å². The number of halogens is 1. The van der Waals surface area contributed by atoms with Crippen LogP contribution in [0.25, 0.3) is 5.57 Å². The molecule has 0 atom stereocenters. The van der Waals surface area contributed by atoms with Crippen LogP contribution in [0.3, 0.4) is 0 Å². The van der Waals surface area contributed by atoms with Crippen molar-refractivity contribution in [2.24, 2.45) is 0 Å². The highest BCUT2D eigenvalue weighted by molar-refractivity contribution is 8.03. The van der Waals surface area contributed by atoms with Gasteiger partial charge in [0.05, 0.1) is 28.2 Å². The van der Waals surface area contributed by atoms with Crippen molar-refractivity contribution in [2.75, 3.05) is 4.90 Å². The van der Waals surface area contributed by atoms with Gasteiger partial charge in [-0.05, 0) is 66.9 Å². The van der Waals surface area contributed by atoms with Crippen LogP contribution in [-0.4, -0.2) is 11.8 Å². The molecule has 2 aromatic carbocycles. The first-order chi connectivity index (χ1) is 14.0. The van der Waals surface area contributed by atoms with E-state index < -0.39 is 0 Å². The van der Waals surface area contributed by atoms with Gasteiger partial charge in [0, 0.05) is 5.02 Å². The van der Waals surface area contributed by atoms with Crippen LogP contribution in [0.15, 0.2) is 70.2 Å². The monoisotopic (exact) mass is 423 g/mol. The first-order valence-corrected chi connectivity index (χ1v) is 10.4. The zero-order chi connectivity index (χ0) is 20.5. The van der Waals surface area contributed by atoms with Crippen LogP contribution < -0.4 is 4.90 Å². The number of furan rings is 1. The van der Waals surface area contributed by atoms with E-state index in [9.17, 15) is 9.59 Å². The maximum atomic E-state index is 13.3. The molecule has 0 N–H and O–H groups in total. The molecule has 1 aliphatic rings. The van der Waals surface area contributed by atoms with Crippen molar-refractivity contribution in [1.29, 1.82) is 0 Å². The molecule has 0 unspecified atom stereocenters. The average Bonchev–Trinajstić information content (AvgIpc) is 3.30. The summed E-state index contributed by atoms with van der Waals surface area (Å²) in [6.45, 7) is 4.01. The van der Waals surface area contributed by atoms with Crippen molar-refractivity contribution >= 4 is 46.4 Å². The second-order valence-electron chi connectivity index (χ2n) is 6.79. The van der Waals surface area contributed by atoms with Gasteiger partial charge in [-0.1, -0.05) is 29.8 Å². The Hall–Kier alpha value is -2.76. The molecule has 6 heteroatoms. The standard InChI is InChI=1S/C23H18ClNO3S/c1-14-5-6-16(12-15(14)2)20-21(29-13-19-4-3-11-28-19)23(27)25(22(20)26)18-9-7-17(24)8-10-18/h3-12H,13H2,1-2H3. The zero-order valence-corrected chi connectivity index (χ0v) is 17.5. The molecule has 1 aliphatic heterocycles. The number of thioether (sulfide) groups is 1. The summed E-state index contributed by atoms with van der Waals surface area (Å²) >= 11 is 7.29. The zero-order valence-electron chi connectivity index (χ0n) is 15.9. The molecule has 2 amide bonds. The van der Waals surface area contributed by atoms with Crippen LogP contribution in [0, 0.1) is 13.8 Å². The van der Waals surface area contributed by atoms with E-state index in [0.717, 1.165) is 22.5 Å².